The summed E-state index contributed by atoms with van der Waals surface area (Å²) >= 11 is 7.54. The van der Waals surface area contributed by atoms with E-state index in [2.05, 4.69) is 5.32 Å². The molecule has 0 bridgehead atoms. The lowest BCUT2D eigenvalue weighted by molar-refractivity contribution is -0.115. The molecule has 0 aliphatic heterocycles. The predicted molar refractivity (Wildman–Crippen MR) is 121 cm³/mol. The summed E-state index contributed by atoms with van der Waals surface area (Å²) in [6.45, 7) is 0.266. The van der Waals surface area contributed by atoms with Gasteiger partial charge < -0.3 is 20.2 Å². The number of hydrogen-bond donors (Lipinski definition) is 3. The van der Waals surface area contributed by atoms with Gasteiger partial charge in [-0.15, -0.1) is 0 Å². The zero-order chi connectivity index (χ0) is 21.5. The monoisotopic (exact) mass is 445 g/mol. The third kappa shape index (κ3) is 5.77. The number of fused-ring (bicyclic) bond motifs is 1. The number of halogens is 1. The molecule has 2 aromatic carbocycles. The van der Waals surface area contributed by atoms with E-state index in [-0.39, 0.29) is 40.5 Å². The molecule has 7 nitrogen and oxygen atoms in total. The number of nitrogens with two attached hydrogens (primary N) is 1. The first-order valence-electron chi connectivity index (χ1n) is 9.14. The Balaban J connectivity index is 1.70. The number of hydrogen-bond acceptors (Lipinski definition) is 6. The lowest BCUT2D eigenvalue weighted by Crippen LogP contribution is -2.14. The first kappa shape index (κ1) is 21.7. The summed E-state index contributed by atoms with van der Waals surface area (Å²) in [6.07, 6.45) is 0.831. The third-order valence-corrected chi connectivity index (χ3v) is 5.27. The average Bonchev–Trinajstić information content (AvgIpc) is 2.71. The number of benzene rings is 2. The highest BCUT2D eigenvalue weighted by Crippen LogP contribution is 2.32. The van der Waals surface area contributed by atoms with Gasteiger partial charge in [-0.2, -0.15) is 0 Å². The lowest BCUT2D eigenvalue weighted by atomic mass is 10.1. The molecule has 0 spiro atoms. The fourth-order valence-electron chi connectivity index (χ4n) is 2.76. The molecule has 0 fully saturated rings. The second kappa shape index (κ2) is 10.2. The van der Waals surface area contributed by atoms with Crippen LogP contribution in [0.4, 0.5) is 5.69 Å². The van der Waals surface area contributed by atoms with Crippen LogP contribution < -0.4 is 21.4 Å². The number of thioether (sulfide) groups is 1. The normalized spacial score (nSPS) is 10.7. The average molecular weight is 446 g/mol. The molecule has 0 aliphatic rings. The zero-order valence-corrected chi connectivity index (χ0v) is 17.5. The fourth-order valence-corrected chi connectivity index (χ4v) is 3.50. The minimum absolute atomic E-state index is 0.0388. The van der Waals surface area contributed by atoms with Gasteiger partial charge in [0.15, 0.2) is 5.17 Å². The molecule has 30 heavy (non-hydrogen) atoms. The van der Waals surface area contributed by atoms with E-state index in [1.807, 2.05) is 30.3 Å². The van der Waals surface area contributed by atoms with E-state index in [1.165, 1.54) is 17.8 Å². The van der Waals surface area contributed by atoms with E-state index in [0.717, 1.165) is 5.56 Å². The molecule has 9 heteroatoms. The first-order valence-corrected chi connectivity index (χ1v) is 10.5. The maximum absolute atomic E-state index is 12.4. The number of amidine groups is 1. The van der Waals surface area contributed by atoms with E-state index in [1.54, 1.807) is 12.1 Å². The molecule has 1 heterocycles. The van der Waals surface area contributed by atoms with Crippen molar-refractivity contribution in [1.29, 1.82) is 5.41 Å². The number of anilines is 1. The molecule has 1 aromatic heterocycles. The Morgan fingerprint density at radius 1 is 1.20 bits per heavy atom. The highest BCUT2D eigenvalue weighted by Gasteiger charge is 2.15. The van der Waals surface area contributed by atoms with E-state index >= 15 is 0 Å². The Hall–Kier alpha value is -2.97. The Morgan fingerprint density at radius 2 is 1.97 bits per heavy atom. The Kier molecular flexibility index (Phi) is 7.37. The molecular formula is C21H20ClN3O4S. The van der Waals surface area contributed by atoms with E-state index in [0.29, 0.717) is 23.2 Å². The number of carbonyl (C=O) groups excluding carboxylic acids is 1. The molecule has 1 amide bonds. The van der Waals surface area contributed by atoms with Crippen LogP contribution in [-0.4, -0.2) is 23.4 Å². The van der Waals surface area contributed by atoms with Crippen molar-refractivity contribution in [3.05, 3.63) is 69.5 Å². The highest BCUT2D eigenvalue weighted by molar-refractivity contribution is 8.13. The van der Waals surface area contributed by atoms with Crippen molar-refractivity contribution in [3.63, 3.8) is 0 Å². The number of carbonyl (C=O) groups is 1. The second-order valence-corrected chi connectivity index (χ2v) is 7.89. The Morgan fingerprint density at radius 3 is 2.70 bits per heavy atom. The molecule has 0 aliphatic carbocycles. The number of amides is 1. The largest absolute Gasteiger partial charge is 0.464 e. The van der Waals surface area contributed by atoms with Crippen LogP contribution >= 0.6 is 23.4 Å². The third-order valence-electron chi connectivity index (χ3n) is 4.11. The summed E-state index contributed by atoms with van der Waals surface area (Å²) in [5, 5.41) is 10.9. The van der Waals surface area contributed by atoms with Crippen molar-refractivity contribution in [1.82, 2.24) is 0 Å². The van der Waals surface area contributed by atoms with Crippen LogP contribution in [0, 0.1) is 5.41 Å². The standard InChI is InChI=1S/C21H20ClN3O4S/c22-18-15-8-7-14(25-17(26)11-13-5-2-1-3-6-13)12-16(15)19(27)29-20(18)28-9-4-10-30-21(23)24/h1-3,5-8,12H,4,9-11H2,(H3,23,24)(H,25,26). The van der Waals surface area contributed by atoms with Crippen LogP contribution in [0.15, 0.2) is 57.7 Å². The molecule has 4 N–H and O–H groups in total. The van der Waals surface area contributed by atoms with Gasteiger partial charge in [0.25, 0.3) is 0 Å². The van der Waals surface area contributed by atoms with Gasteiger partial charge in [-0.25, -0.2) is 4.79 Å². The van der Waals surface area contributed by atoms with Crippen molar-refractivity contribution in [2.75, 3.05) is 17.7 Å². The zero-order valence-electron chi connectivity index (χ0n) is 15.9. The van der Waals surface area contributed by atoms with Gasteiger partial charge in [0.1, 0.15) is 5.02 Å². The van der Waals surface area contributed by atoms with Crippen LogP contribution in [0.2, 0.25) is 5.02 Å². The molecule has 0 saturated heterocycles. The van der Waals surface area contributed by atoms with Gasteiger partial charge in [0.05, 0.1) is 18.4 Å². The second-order valence-electron chi connectivity index (χ2n) is 6.38. The molecule has 0 radical (unpaired) electrons. The van der Waals surface area contributed by atoms with Crippen molar-refractivity contribution in [2.24, 2.45) is 5.73 Å². The van der Waals surface area contributed by atoms with Gasteiger partial charge in [-0.1, -0.05) is 59.8 Å². The summed E-state index contributed by atoms with van der Waals surface area (Å²) in [5.74, 6) is 0.360. The number of nitrogens with one attached hydrogen (secondary N) is 2. The quantitative estimate of drug-likeness (QED) is 0.274. The minimum Gasteiger partial charge on any atom is -0.464 e. The van der Waals surface area contributed by atoms with Gasteiger partial charge in [-0.3, -0.25) is 10.2 Å². The minimum atomic E-state index is -0.610. The van der Waals surface area contributed by atoms with E-state index in [9.17, 15) is 9.59 Å². The van der Waals surface area contributed by atoms with E-state index in [4.69, 9.17) is 31.9 Å². The summed E-state index contributed by atoms with van der Waals surface area (Å²) in [6, 6.07) is 14.2. The van der Waals surface area contributed by atoms with Gasteiger partial charge >= 0.3 is 11.6 Å². The van der Waals surface area contributed by atoms with Crippen LogP contribution in [0.3, 0.4) is 0 Å². The Bertz CT molecular complexity index is 1120. The van der Waals surface area contributed by atoms with E-state index < -0.39 is 5.63 Å². The molecule has 0 atom stereocenters. The number of rotatable bonds is 8. The molecule has 3 rings (SSSR count). The topological polar surface area (TPSA) is 118 Å². The predicted octanol–water partition coefficient (Wildman–Crippen LogP) is 4.02. The van der Waals surface area contributed by atoms with Gasteiger partial charge in [-0.05, 0) is 24.1 Å². The van der Waals surface area contributed by atoms with Crippen LogP contribution in [0.25, 0.3) is 10.8 Å². The summed E-state index contributed by atoms with van der Waals surface area (Å²) in [4.78, 5) is 24.6. The van der Waals surface area contributed by atoms with Crippen LogP contribution in [-0.2, 0) is 11.2 Å². The van der Waals surface area contributed by atoms with Gasteiger partial charge in [0.2, 0.25) is 5.91 Å². The Labute approximate surface area is 182 Å². The maximum Gasteiger partial charge on any atom is 0.346 e. The molecular weight excluding hydrogens is 426 g/mol. The first-order chi connectivity index (χ1) is 14.4. The van der Waals surface area contributed by atoms with Crippen molar-refractivity contribution in [3.8, 4) is 5.95 Å². The van der Waals surface area contributed by atoms with Crippen LogP contribution in [0.1, 0.15) is 12.0 Å². The van der Waals surface area contributed by atoms with Crippen molar-refractivity contribution >= 4 is 50.9 Å². The maximum atomic E-state index is 12.4. The van der Waals surface area contributed by atoms with Crippen molar-refractivity contribution in [2.45, 2.75) is 12.8 Å². The lowest BCUT2D eigenvalue weighted by Gasteiger charge is -2.10. The van der Waals surface area contributed by atoms with Crippen molar-refractivity contribution < 1.29 is 13.9 Å². The molecule has 3 aromatic rings. The number of ether oxygens (including phenoxy) is 1. The summed E-state index contributed by atoms with van der Waals surface area (Å²) in [5.41, 5.74) is 6.03. The molecule has 156 valence electrons. The highest BCUT2D eigenvalue weighted by atomic mass is 35.5. The molecule has 0 unspecified atom stereocenters. The van der Waals surface area contributed by atoms with Gasteiger partial charge in [0, 0.05) is 16.8 Å². The SMILES string of the molecule is N=C(N)SCCCOc1oc(=O)c2cc(NC(=O)Cc3ccccc3)ccc2c1Cl. The smallest absolute Gasteiger partial charge is 0.346 e. The summed E-state index contributed by atoms with van der Waals surface area (Å²) < 4.78 is 10.7. The summed E-state index contributed by atoms with van der Waals surface area (Å²) in [7, 11) is 0. The molecule has 0 saturated carbocycles. The fraction of sp³-hybridized carbons (Fsp3) is 0.190. The van der Waals surface area contributed by atoms with Crippen LogP contribution in [0.5, 0.6) is 5.95 Å².